The summed E-state index contributed by atoms with van der Waals surface area (Å²) in [4.78, 5) is 18.4. The summed E-state index contributed by atoms with van der Waals surface area (Å²) in [5.41, 5.74) is -0.0452. The lowest BCUT2D eigenvalue weighted by molar-refractivity contribution is 0.0697. The minimum Gasteiger partial charge on any atom is -0.477 e. The highest BCUT2D eigenvalue weighted by atomic mass is 16.5. The molecule has 2 aromatic rings. The van der Waals surface area contributed by atoms with Gasteiger partial charge in [-0.3, -0.25) is 0 Å². The molecule has 70 valence electrons. The van der Waals surface area contributed by atoms with E-state index in [1.165, 1.54) is 12.4 Å². The molecule has 0 aliphatic rings. The maximum atomic E-state index is 10.7. The van der Waals surface area contributed by atoms with Gasteiger partial charge in [-0.15, -0.1) is 0 Å². The Labute approximate surface area is 78.2 Å². The Bertz CT molecular complexity index is 452. The SMILES string of the molecule is O=C(O)c1cnoc1-c1ncccn1. The third kappa shape index (κ3) is 1.33. The fourth-order valence-corrected chi connectivity index (χ4v) is 0.970. The van der Waals surface area contributed by atoms with Crippen molar-refractivity contribution < 1.29 is 14.4 Å². The van der Waals surface area contributed by atoms with E-state index >= 15 is 0 Å². The lowest BCUT2D eigenvalue weighted by Crippen LogP contribution is -1.97. The van der Waals surface area contributed by atoms with E-state index in [9.17, 15) is 4.79 Å². The molecule has 0 aliphatic carbocycles. The molecule has 14 heavy (non-hydrogen) atoms. The molecule has 0 saturated carbocycles. The minimum absolute atomic E-state index is 0.0452. The summed E-state index contributed by atoms with van der Waals surface area (Å²) in [7, 11) is 0. The second kappa shape index (κ2) is 3.25. The van der Waals surface area contributed by atoms with Crippen molar-refractivity contribution in [3.63, 3.8) is 0 Å². The normalized spacial score (nSPS) is 10.0. The third-order valence-corrected chi connectivity index (χ3v) is 1.57. The first kappa shape index (κ1) is 8.36. The summed E-state index contributed by atoms with van der Waals surface area (Å²) in [5.74, 6) is -0.839. The van der Waals surface area contributed by atoms with E-state index < -0.39 is 5.97 Å². The molecular formula is C8H5N3O3. The van der Waals surface area contributed by atoms with Crippen LogP contribution < -0.4 is 0 Å². The van der Waals surface area contributed by atoms with Crippen LogP contribution in [-0.2, 0) is 0 Å². The number of hydrogen-bond acceptors (Lipinski definition) is 5. The summed E-state index contributed by atoms with van der Waals surface area (Å²) >= 11 is 0. The van der Waals surface area contributed by atoms with Crippen molar-refractivity contribution in [1.82, 2.24) is 15.1 Å². The fourth-order valence-electron chi connectivity index (χ4n) is 0.970. The van der Waals surface area contributed by atoms with Gasteiger partial charge >= 0.3 is 5.97 Å². The van der Waals surface area contributed by atoms with Crippen LogP contribution in [-0.4, -0.2) is 26.2 Å². The fraction of sp³-hybridized carbons (Fsp3) is 0. The molecule has 1 N–H and O–H groups in total. The number of rotatable bonds is 2. The molecule has 0 spiro atoms. The summed E-state index contributed by atoms with van der Waals surface area (Å²) < 4.78 is 4.76. The molecule has 0 aliphatic heterocycles. The van der Waals surface area contributed by atoms with Gasteiger partial charge in [0.2, 0.25) is 5.76 Å². The van der Waals surface area contributed by atoms with E-state index in [0.717, 1.165) is 6.20 Å². The van der Waals surface area contributed by atoms with Crippen LogP contribution in [0.3, 0.4) is 0 Å². The number of carboxylic acid groups (broad SMARTS) is 1. The van der Waals surface area contributed by atoms with Gasteiger partial charge in [0, 0.05) is 12.4 Å². The van der Waals surface area contributed by atoms with Crippen molar-refractivity contribution in [3.05, 3.63) is 30.2 Å². The minimum atomic E-state index is -1.12. The standard InChI is InChI=1S/C8H5N3O3/c12-8(13)5-4-11-14-6(5)7-9-2-1-3-10-7/h1-4H,(H,12,13). The van der Waals surface area contributed by atoms with Crippen LogP contribution in [0, 0.1) is 0 Å². The van der Waals surface area contributed by atoms with Gasteiger partial charge in [0.05, 0.1) is 6.20 Å². The molecule has 0 fully saturated rings. The zero-order chi connectivity index (χ0) is 9.97. The number of hydrogen-bond donors (Lipinski definition) is 1. The van der Waals surface area contributed by atoms with Crippen molar-refractivity contribution in [3.8, 4) is 11.6 Å². The third-order valence-electron chi connectivity index (χ3n) is 1.57. The second-order valence-electron chi connectivity index (χ2n) is 2.45. The maximum Gasteiger partial charge on any atom is 0.341 e. The summed E-state index contributed by atoms with van der Waals surface area (Å²) in [5, 5.41) is 12.1. The molecule has 0 atom stereocenters. The van der Waals surface area contributed by atoms with Crippen LogP contribution in [0.15, 0.2) is 29.2 Å². The number of nitrogens with zero attached hydrogens (tertiary/aromatic N) is 3. The van der Waals surface area contributed by atoms with Crippen LogP contribution in [0.2, 0.25) is 0 Å². The largest absolute Gasteiger partial charge is 0.477 e. The average Bonchev–Trinajstić information content (AvgIpc) is 2.67. The Morgan fingerprint density at radius 3 is 2.71 bits per heavy atom. The van der Waals surface area contributed by atoms with Gasteiger partial charge < -0.3 is 9.63 Å². The molecule has 6 heteroatoms. The van der Waals surface area contributed by atoms with Crippen LogP contribution in [0.1, 0.15) is 10.4 Å². The smallest absolute Gasteiger partial charge is 0.341 e. The van der Waals surface area contributed by atoms with Crippen LogP contribution in [0.4, 0.5) is 0 Å². The lowest BCUT2D eigenvalue weighted by Gasteiger charge is -1.93. The molecule has 0 aromatic carbocycles. The van der Waals surface area contributed by atoms with E-state index in [-0.39, 0.29) is 17.1 Å². The number of aromatic nitrogens is 3. The molecule has 0 radical (unpaired) electrons. The van der Waals surface area contributed by atoms with Crippen molar-refractivity contribution in [1.29, 1.82) is 0 Å². The highest BCUT2D eigenvalue weighted by molar-refractivity contribution is 5.92. The molecule has 2 aromatic heterocycles. The van der Waals surface area contributed by atoms with Gasteiger partial charge in [-0.25, -0.2) is 14.8 Å². The molecule has 0 saturated heterocycles. The zero-order valence-electron chi connectivity index (χ0n) is 6.91. The predicted molar refractivity (Wildman–Crippen MR) is 44.5 cm³/mol. The Morgan fingerprint density at radius 2 is 2.07 bits per heavy atom. The molecule has 2 rings (SSSR count). The molecular weight excluding hydrogens is 186 g/mol. The topological polar surface area (TPSA) is 89.1 Å². The Hall–Kier alpha value is -2.24. The summed E-state index contributed by atoms with van der Waals surface area (Å²) in [6, 6.07) is 1.63. The van der Waals surface area contributed by atoms with Gasteiger partial charge in [-0.1, -0.05) is 5.16 Å². The second-order valence-corrected chi connectivity index (χ2v) is 2.45. The first-order valence-corrected chi connectivity index (χ1v) is 3.74. The Kier molecular flexibility index (Phi) is 1.94. The first-order chi connectivity index (χ1) is 6.79. The average molecular weight is 191 g/mol. The number of aromatic carboxylic acids is 1. The Balaban J connectivity index is 2.52. The van der Waals surface area contributed by atoms with E-state index in [1.54, 1.807) is 6.07 Å². The van der Waals surface area contributed by atoms with Crippen molar-refractivity contribution in [2.45, 2.75) is 0 Å². The van der Waals surface area contributed by atoms with E-state index in [2.05, 4.69) is 15.1 Å². The van der Waals surface area contributed by atoms with E-state index in [0.29, 0.717) is 0 Å². The Morgan fingerprint density at radius 1 is 1.36 bits per heavy atom. The van der Waals surface area contributed by atoms with Crippen molar-refractivity contribution >= 4 is 5.97 Å². The van der Waals surface area contributed by atoms with Crippen molar-refractivity contribution in [2.75, 3.05) is 0 Å². The van der Waals surface area contributed by atoms with Gasteiger partial charge in [0.15, 0.2) is 5.82 Å². The monoisotopic (exact) mass is 191 g/mol. The lowest BCUT2D eigenvalue weighted by atomic mass is 10.2. The van der Waals surface area contributed by atoms with Gasteiger partial charge in [0.1, 0.15) is 5.56 Å². The van der Waals surface area contributed by atoms with Gasteiger partial charge in [-0.2, -0.15) is 0 Å². The number of carboxylic acids is 1. The molecule has 2 heterocycles. The molecule has 0 unspecified atom stereocenters. The van der Waals surface area contributed by atoms with Crippen molar-refractivity contribution in [2.24, 2.45) is 0 Å². The van der Waals surface area contributed by atoms with Gasteiger partial charge in [0.25, 0.3) is 0 Å². The summed E-state index contributed by atoms with van der Waals surface area (Å²) in [6.45, 7) is 0. The van der Waals surface area contributed by atoms with E-state index in [4.69, 9.17) is 9.63 Å². The van der Waals surface area contributed by atoms with Crippen LogP contribution in [0.25, 0.3) is 11.6 Å². The molecule has 0 bridgehead atoms. The maximum absolute atomic E-state index is 10.7. The highest BCUT2D eigenvalue weighted by Gasteiger charge is 2.18. The van der Waals surface area contributed by atoms with Gasteiger partial charge in [-0.05, 0) is 6.07 Å². The van der Waals surface area contributed by atoms with E-state index in [1.807, 2.05) is 0 Å². The van der Waals surface area contributed by atoms with Crippen LogP contribution >= 0.6 is 0 Å². The zero-order valence-corrected chi connectivity index (χ0v) is 6.91. The quantitative estimate of drug-likeness (QED) is 0.756. The first-order valence-electron chi connectivity index (χ1n) is 3.74. The molecule has 0 amide bonds. The summed E-state index contributed by atoms with van der Waals surface area (Å²) in [6.07, 6.45) is 4.11. The predicted octanol–water partition coefficient (Wildman–Crippen LogP) is 0.830. The highest BCUT2D eigenvalue weighted by Crippen LogP contribution is 2.18. The van der Waals surface area contributed by atoms with Crippen LogP contribution in [0.5, 0.6) is 0 Å². The molecule has 6 nitrogen and oxygen atoms in total. The number of carbonyl (C=O) groups is 1.